The number of thiophene rings is 1. The van der Waals surface area contributed by atoms with Gasteiger partial charge in [0, 0.05) is 22.8 Å². The highest BCUT2D eigenvalue weighted by atomic mass is 127. The van der Waals surface area contributed by atoms with Crippen molar-refractivity contribution in [1.82, 2.24) is 15.6 Å². The number of nitrogens with one attached hydrogen (secondary N) is 2. The highest BCUT2D eigenvalue weighted by Gasteiger charge is 2.07. The van der Waals surface area contributed by atoms with Gasteiger partial charge in [0.15, 0.2) is 5.96 Å². The van der Waals surface area contributed by atoms with E-state index in [2.05, 4.69) is 53.9 Å². The summed E-state index contributed by atoms with van der Waals surface area (Å²) in [5.41, 5.74) is 1.10. The Hall–Kier alpha value is -0.670. The summed E-state index contributed by atoms with van der Waals surface area (Å²) in [6, 6.07) is 4.32. The van der Waals surface area contributed by atoms with E-state index < -0.39 is 0 Å². The molecule has 2 N–H and O–H groups in total. The number of aryl methyl sites for hydroxylation is 2. The van der Waals surface area contributed by atoms with Crippen LogP contribution < -0.4 is 10.6 Å². The summed E-state index contributed by atoms with van der Waals surface area (Å²) in [6.07, 6.45) is 1.11. The molecule has 0 aromatic carbocycles. The molecular formula is C17H27IN4S2. The van der Waals surface area contributed by atoms with Gasteiger partial charge < -0.3 is 10.6 Å². The van der Waals surface area contributed by atoms with Gasteiger partial charge in [0.1, 0.15) is 0 Å². The largest absolute Gasteiger partial charge is 0.357 e. The zero-order valence-corrected chi connectivity index (χ0v) is 18.7. The lowest BCUT2D eigenvalue weighted by Gasteiger charge is -2.15. The van der Waals surface area contributed by atoms with E-state index in [1.54, 1.807) is 11.3 Å². The van der Waals surface area contributed by atoms with Gasteiger partial charge in [-0.15, -0.1) is 46.7 Å². The van der Waals surface area contributed by atoms with Crippen molar-refractivity contribution in [3.05, 3.63) is 38.0 Å². The van der Waals surface area contributed by atoms with E-state index in [4.69, 9.17) is 4.99 Å². The highest BCUT2D eigenvalue weighted by molar-refractivity contribution is 14.0. The minimum absolute atomic E-state index is 0. The SMILES string of the molecule is CCNC(=NCc1sc(C)nc1C)NCC(C)Cc1cccs1.I. The number of aromatic nitrogens is 1. The first-order chi connectivity index (χ1) is 11.1. The Kier molecular flexibility index (Phi) is 9.84. The minimum atomic E-state index is 0. The van der Waals surface area contributed by atoms with E-state index in [1.807, 2.05) is 18.3 Å². The third-order valence-electron chi connectivity index (χ3n) is 3.47. The van der Waals surface area contributed by atoms with Crippen LogP contribution >= 0.6 is 46.7 Å². The van der Waals surface area contributed by atoms with Crippen molar-refractivity contribution in [3.8, 4) is 0 Å². The molecule has 2 rings (SSSR count). The van der Waals surface area contributed by atoms with Crippen LogP contribution in [0.3, 0.4) is 0 Å². The summed E-state index contributed by atoms with van der Waals surface area (Å²) in [5, 5.41) is 10.0. The lowest BCUT2D eigenvalue weighted by atomic mass is 10.1. The standard InChI is InChI=1S/C17H26N4S2.HI/c1-5-18-17(20-11-16-13(3)21-14(4)23-16)19-10-12(2)9-15-7-6-8-22-15;/h6-8,12H,5,9-11H2,1-4H3,(H2,18,19,20);1H. The van der Waals surface area contributed by atoms with Gasteiger partial charge in [-0.3, -0.25) is 0 Å². The van der Waals surface area contributed by atoms with Crippen LogP contribution in [0, 0.1) is 19.8 Å². The lowest BCUT2D eigenvalue weighted by Crippen LogP contribution is -2.39. The van der Waals surface area contributed by atoms with Crippen LogP contribution in [0.25, 0.3) is 0 Å². The Morgan fingerprint density at radius 2 is 2.12 bits per heavy atom. The fourth-order valence-electron chi connectivity index (χ4n) is 2.33. The topological polar surface area (TPSA) is 49.3 Å². The molecule has 0 amide bonds. The highest BCUT2D eigenvalue weighted by Crippen LogP contribution is 2.18. The van der Waals surface area contributed by atoms with Crippen LogP contribution in [0.4, 0.5) is 0 Å². The molecule has 4 nitrogen and oxygen atoms in total. The van der Waals surface area contributed by atoms with Crippen molar-refractivity contribution < 1.29 is 0 Å². The van der Waals surface area contributed by atoms with Gasteiger partial charge in [-0.05, 0) is 44.6 Å². The molecule has 134 valence electrons. The second kappa shape index (κ2) is 11.0. The molecule has 2 heterocycles. The molecule has 0 saturated carbocycles. The van der Waals surface area contributed by atoms with Gasteiger partial charge in [-0.2, -0.15) is 0 Å². The Morgan fingerprint density at radius 3 is 2.71 bits per heavy atom. The first kappa shape index (κ1) is 21.4. The molecule has 0 spiro atoms. The van der Waals surface area contributed by atoms with Crippen LogP contribution in [0.2, 0.25) is 0 Å². The third-order valence-corrected chi connectivity index (χ3v) is 5.43. The van der Waals surface area contributed by atoms with Crippen molar-refractivity contribution in [2.45, 2.75) is 40.7 Å². The van der Waals surface area contributed by atoms with E-state index in [0.29, 0.717) is 12.5 Å². The maximum atomic E-state index is 4.69. The third kappa shape index (κ3) is 7.06. The quantitative estimate of drug-likeness (QED) is 0.353. The molecule has 1 atom stereocenters. The number of hydrogen-bond donors (Lipinski definition) is 2. The van der Waals surface area contributed by atoms with Crippen LogP contribution in [-0.2, 0) is 13.0 Å². The van der Waals surface area contributed by atoms with Crippen LogP contribution in [0.5, 0.6) is 0 Å². The second-order valence-corrected chi connectivity index (χ2v) is 8.03. The molecular weight excluding hydrogens is 451 g/mol. The van der Waals surface area contributed by atoms with Gasteiger partial charge in [-0.1, -0.05) is 13.0 Å². The molecule has 24 heavy (non-hydrogen) atoms. The normalized spacial score (nSPS) is 12.6. The number of guanidine groups is 1. The number of nitrogens with zero attached hydrogens (tertiary/aromatic N) is 2. The van der Waals surface area contributed by atoms with E-state index in [0.717, 1.165) is 36.2 Å². The molecule has 7 heteroatoms. The Labute approximate surface area is 170 Å². The zero-order chi connectivity index (χ0) is 16.7. The van der Waals surface area contributed by atoms with Crippen LogP contribution in [0.1, 0.15) is 34.3 Å². The molecule has 0 fully saturated rings. The first-order valence-corrected chi connectivity index (χ1v) is 9.75. The summed E-state index contributed by atoms with van der Waals surface area (Å²) in [7, 11) is 0. The Balaban J connectivity index is 0.00000288. The predicted octanol–water partition coefficient (Wildman–Crippen LogP) is 4.37. The summed E-state index contributed by atoms with van der Waals surface area (Å²) in [6.45, 7) is 10.9. The molecule has 2 aromatic heterocycles. The van der Waals surface area contributed by atoms with Gasteiger partial charge in [-0.25, -0.2) is 9.98 Å². The number of halogens is 1. The molecule has 0 aliphatic rings. The number of hydrogen-bond acceptors (Lipinski definition) is 4. The fraction of sp³-hybridized carbons (Fsp3) is 0.529. The van der Waals surface area contributed by atoms with E-state index in [-0.39, 0.29) is 24.0 Å². The predicted molar refractivity (Wildman–Crippen MR) is 117 cm³/mol. The molecule has 2 aromatic rings. The molecule has 0 radical (unpaired) electrons. The van der Waals surface area contributed by atoms with Gasteiger partial charge in [0.2, 0.25) is 0 Å². The first-order valence-electron chi connectivity index (χ1n) is 8.06. The average Bonchev–Trinajstić information content (AvgIpc) is 3.11. The summed E-state index contributed by atoms with van der Waals surface area (Å²) < 4.78 is 0. The molecule has 0 aliphatic heterocycles. The molecule has 0 saturated heterocycles. The zero-order valence-electron chi connectivity index (χ0n) is 14.8. The van der Waals surface area contributed by atoms with Crippen molar-refractivity contribution in [2.24, 2.45) is 10.9 Å². The summed E-state index contributed by atoms with van der Waals surface area (Å²) in [4.78, 5) is 11.8. The van der Waals surface area contributed by atoms with Crippen molar-refractivity contribution in [3.63, 3.8) is 0 Å². The van der Waals surface area contributed by atoms with E-state index in [1.165, 1.54) is 9.75 Å². The summed E-state index contributed by atoms with van der Waals surface area (Å²) >= 11 is 3.56. The maximum Gasteiger partial charge on any atom is 0.191 e. The number of aliphatic imine (C=N–C) groups is 1. The Bertz CT molecular complexity index is 623. The molecule has 0 aliphatic carbocycles. The van der Waals surface area contributed by atoms with Gasteiger partial charge in [0.25, 0.3) is 0 Å². The van der Waals surface area contributed by atoms with Gasteiger partial charge >= 0.3 is 0 Å². The van der Waals surface area contributed by atoms with E-state index >= 15 is 0 Å². The van der Waals surface area contributed by atoms with Crippen LogP contribution in [0.15, 0.2) is 22.5 Å². The summed E-state index contributed by atoms with van der Waals surface area (Å²) in [5.74, 6) is 1.46. The lowest BCUT2D eigenvalue weighted by molar-refractivity contribution is 0.562. The fourth-order valence-corrected chi connectivity index (χ4v) is 4.06. The number of thiazole rings is 1. The monoisotopic (exact) mass is 478 g/mol. The molecule has 1 unspecified atom stereocenters. The minimum Gasteiger partial charge on any atom is -0.357 e. The second-order valence-electron chi connectivity index (χ2n) is 5.71. The van der Waals surface area contributed by atoms with E-state index in [9.17, 15) is 0 Å². The average molecular weight is 478 g/mol. The van der Waals surface area contributed by atoms with Crippen LogP contribution in [-0.4, -0.2) is 24.0 Å². The van der Waals surface area contributed by atoms with Crippen molar-refractivity contribution in [1.29, 1.82) is 0 Å². The van der Waals surface area contributed by atoms with Gasteiger partial charge in [0.05, 0.1) is 17.2 Å². The number of rotatable bonds is 7. The van der Waals surface area contributed by atoms with Crippen molar-refractivity contribution in [2.75, 3.05) is 13.1 Å². The maximum absolute atomic E-state index is 4.69. The molecule has 0 bridgehead atoms. The van der Waals surface area contributed by atoms with Crippen molar-refractivity contribution >= 4 is 52.6 Å². The smallest absolute Gasteiger partial charge is 0.191 e. The Morgan fingerprint density at radius 1 is 1.33 bits per heavy atom.